The molecule has 0 aromatic heterocycles. The quantitative estimate of drug-likeness (QED) is 0.541. The normalized spacial score (nSPS) is 19.9. The van der Waals surface area contributed by atoms with E-state index in [-0.39, 0.29) is 0 Å². The van der Waals surface area contributed by atoms with Crippen molar-refractivity contribution in [3.8, 4) is 0 Å². The Morgan fingerprint density at radius 3 is 2.45 bits per heavy atom. The van der Waals surface area contributed by atoms with E-state index in [9.17, 15) is 0 Å². The first kappa shape index (κ1) is 18.4. The van der Waals surface area contributed by atoms with Crippen molar-refractivity contribution in [2.75, 3.05) is 18.1 Å². The summed E-state index contributed by atoms with van der Waals surface area (Å²) in [4.78, 5) is 0. The Morgan fingerprint density at radius 1 is 1.10 bits per heavy atom. The molecule has 0 radical (unpaired) electrons. The monoisotopic (exact) mass is 299 g/mol. The maximum atomic E-state index is 3.85. The number of unbranched alkanes of at least 4 members (excludes halogenated alkanes) is 1. The van der Waals surface area contributed by atoms with Gasteiger partial charge in [-0.15, -0.1) is 0 Å². The fourth-order valence-corrected chi connectivity index (χ4v) is 4.58. The zero-order valence-corrected chi connectivity index (χ0v) is 14.9. The van der Waals surface area contributed by atoms with Crippen molar-refractivity contribution in [2.45, 2.75) is 84.6 Å². The average molecular weight is 300 g/mol. The lowest BCUT2D eigenvalue weighted by atomic mass is 9.86. The molecule has 120 valence electrons. The van der Waals surface area contributed by atoms with Gasteiger partial charge in [-0.1, -0.05) is 46.5 Å². The molecule has 2 atom stereocenters. The van der Waals surface area contributed by atoms with Gasteiger partial charge in [-0.3, -0.25) is 0 Å². The number of rotatable bonds is 11. The molecule has 2 heteroatoms. The maximum absolute atomic E-state index is 3.85. The summed E-state index contributed by atoms with van der Waals surface area (Å²) in [5.41, 5.74) is 0. The second-order valence-corrected chi connectivity index (χ2v) is 7.82. The molecule has 0 spiro atoms. The topological polar surface area (TPSA) is 12.0 Å². The second-order valence-electron chi connectivity index (χ2n) is 6.59. The van der Waals surface area contributed by atoms with Crippen LogP contribution in [0.3, 0.4) is 0 Å². The van der Waals surface area contributed by atoms with E-state index in [1.807, 2.05) is 0 Å². The molecule has 1 rings (SSSR count). The van der Waals surface area contributed by atoms with Crippen LogP contribution in [0, 0.1) is 11.8 Å². The molecule has 2 unspecified atom stereocenters. The molecule has 0 aliphatic carbocycles. The Kier molecular flexibility index (Phi) is 10.9. The Bertz CT molecular complexity index is 213. The van der Waals surface area contributed by atoms with Crippen LogP contribution >= 0.6 is 11.8 Å². The van der Waals surface area contributed by atoms with Gasteiger partial charge in [-0.05, 0) is 62.0 Å². The van der Waals surface area contributed by atoms with E-state index >= 15 is 0 Å². The largest absolute Gasteiger partial charge is 0.314 e. The smallest absolute Gasteiger partial charge is 0.00723 e. The number of nitrogens with one attached hydrogen (secondary N) is 1. The Balaban J connectivity index is 2.39. The molecule has 1 saturated heterocycles. The molecule has 1 N–H and O–H groups in total. The van der Waals surface area contributed by atoms with E-state index in [2.05, 4.69) is 37.8 Å². The third-order valence-electron chi connectivity index (χ3n) is 4.80. The standard InChI is InChI=1S/C18H37NS/c1-4-7-8-16(6-3)14-18(19-11-5-2)15-17-9-12-20-13-10-17/h16-19H,4-15H2,1-3H3. The lowest BCUT2D eigenvalue weighted by molar-refractivity contribution is 0.295. The van der Waals surface area contributed by atoms with Gasteiger partial charge in [0.1, 0.15) is 0 Å². The molecule has 0 saturated carbocycles. The zero-order valence-electron chi connectivity index (χ0n) is 14.1. The molecule has 1 nitrogen and oxygen atoms in total. The molecule has 0 aromatic rings. The Labute approximate surface area is 132 Å². The number of hydrogen-bond donors (Lipinski definition) is 1. The number of thioether (sulfide) groups is 1. The van der Waals surface area contributed by atoms with Crippen LogP contribution in [-0.4, -0.2) is 24.1 Å². The van der Waals surface area contributed by atoms with Crippen LogP contribution in [0.1, 0.15) is 78.6 Å². The Morgan fingerprint density at radius 2 is 1.85 bits per heavy atom. The molecular weight excluding hydrogens is 262 g/mol. The van der Waals surface area contributed by atoms with Gasteiger partial charge < -0.3 is 5.32 Å². The summed E-state index contributed by atoms with van der Waals surface area (Å²) in [5, 5.41) is 3.85. The van der Waals surface area contributed by atoms with E-state index in [1.54, 1.807) is 0 Å². The summed E-state index contributed by atoms with van der Waals surface area (Å²) >= 11 is 2.15. The van der Waals surface area contributed by atoms with Crippen LogP contribution in [0.15, 0.2) is 0 Å². The van der Waals surface area contributed by atoms with E-state index in [1.165, 1.54) is 75.8 Å². The van der Waals surface area contributed by atoms with Crippen LogP contribution in [0.4, 0.5) is 0 Å². The molecule has 1 fully saturated rings. The molecule has 1 aliphatic heterocycles. The molecule has 0 aromatic carbocycles. The Hall–Kier alpha value is 0.310. The molecule has 1 heterocycles. The van der Waals surface area contributed by atoms with E-state index in [0.29, 0.717) is 0 Å². The third kappa shape index (κ3) is 7.93. The van der Waals surface area contributed by atoms with Crippen molar-refractivity contribution >= 4 is 11.8 Å². The lowest BCUT2D eigenvalue weighted by Crippen LogP contribution is -2.34. The molecule has 1 aliphatic rings. The average Bonchev–Trinajstić information content (AvgIpc) is 2.49. The van der Waals surface area contributed by atoms with Gasteiger partial charge in [0.25, 0.3) is 0 Å². The van der Waals surface area contributed by atoms with E-state index in [4.69, 9.17) is 0 Å². The van der Waals surface area contributed by atoms with Crippen LogP contribution in [0.5, 0.6) is 0 Å². The minimum absolute atomic E-state index is 0.782. The van der Waals surface area contributed by atoms with Gasteiger partial charge in [0, 0.05) is 6.04 Å². The van der Waals surface area contributed by atoms with Gasteiger partial charge in [-0.2, -0.15) is 11.8 Å². The number of hydrogen-bond acceptors (Lipinski definition) is 2. The maximum Gasteiger partial charge on any atom is 0.00723 e. The third-order valence-corrected chi connectivity index (χ3v) is 5.85. The second kappa shape index (κ2) is 11.9. The minimum atomic E-state index is 0.782. The summed E-state index contributed by atoms with van der Waals surface area (Å²) in [6, 6.07) is 0.782. The minimum Gasteiger partial charge on any atom is -0.314 e. The fourth-order valence-electron chi connectivity index (χ4n) is 3.38. The van der Waals surface area contributed by atoms with Gasteiger partial charge in [-0.25, -0.2) is 0 Å². The summed E-state index contributed by atoms with van der Waals surface area (Å²) in [5.74, 6) is 4.74. The molecular formula is C18H37NS. The van der Waals surface area contributed by atoms with Crippen molar-refractivity contribution in [3.05, 3.63) is 0 Å². The first-order chi connectivity index (χ1) is 9.80. The van der Waals surface area contributed by atoms with Crippen molar-refractivity contribution in [1.82, 2.24) is 5.32 Å². The zero-order chi connectivity index (χ0) is 14.6. The van der Waals surface area contributed by atoms with Crippen molar-refractivity contribution in [3.63, 3.8) is 0 Å². The molecule has 0 bridgehead atoms. The van der Waals surface area contributed by atoms with Gasteiger partial charge in [0.15, 0.2) is 0 Å². The predicted octanol–water partition coefficient (Wildman–Crippen LogP) is 5.49. The first-order valence-corrected chi connectivity index (χ1v) is 10.3. The summed E-state index contributed by atoms with van der Waals surface area (Å²) < 4.78 is 0. The highest BCUT2D eigenvalue weighted by Crippen LogP contribution is 2.29. The highest BCUT2D eigenvalue weighted by Gasteiger charge is 2.21. The van der Waals surface area contributed by atoms with Crippen LogP contribution in [0.2, 0.25) is 0 Å². The highest BCUT2D eigenvalue weighted by atomic mass is 32.2. The molecule has 20 heavy (non-hydrogen) atoms. The van der Waals surface area contributed by atoms with E-state index < -0.39 is 0 Å². The predicted molar refractivity (Wildman–Crippen MR) is 94.7 cm³/mol. The van der Waals surface area contributed by atoms with Crippen LogP contribution in [-0.2, 0) is 0 Å². The summed E-state index contributed by atoms with van der Waals surface area (Å²) in [6.07, 6.45) is 12.6. The van der Waals surface area contributed by atoms with Crippen LogP contribution < -0.4 is 5.32 Å². The fraction of sp³-hybridized carbons (Fsp3) is 1.00. The summed E-state index contributed by atoms with van der Waals surface area (Å²) in [7, 11) is 0. The van der Waals surface area contributed by atoms with Crippen molar-refractivity contribution in [1.29, 1.82) is 0 Å². The van der Waals surface area contributed by atoms with Gasteiger partial charge in [0.05, 0.1) is 0 Å². The lowest BCUT2D eigenvalue weighted by Gasteiger charge is -2.29. The van der Waals surface area contributed by atoms with Crippen molar-refractivity contribution in [2.24, 2.45) is 11.8 Å². The van der Waals surface area contributed by atoms with Crippen LogP contribution in [0.25, 0.3) is 0 Å². The molecule has 0 amide bonds. The SMILES string of the molecule is CCCCC(CC)CC(CC1CCSCC1)NCCC. The van der Waals surface area contributed by atoms with E-state index in [0.717, 1.165) is 17.9 Å². The van der Waals surface area contributed by atoms with Gasteiger partial charge in [0.2, 0.25) is 0 Å². The van der Waals surface area contributed by atoms with Crippen molar-refractivity contribution < 1.29 is 0 Å². The first-order valence-electron chi connectivity index (χ1n) is 9.11. The highest BCUT2D eigenvalue weighted by molar-refractivity contribution is 7.99. The van der Waals surface area contributed by atoms with Gasteiger partial charge >= 0.3 is 0 Å². The summed E-state index contributed by atoms with van der Waals surface area (Å²) in [6.45, 7) is 8.19.